The number of nitrogens with two attached hydrogens (primary N) is 1. The van der Waals surface area contributed by atoms with Crippen molar-refractivity contribution in [3.8, 4) is 17.2 Å². The lowest BCUT2D eigenvalue weighted by molar-refractivity contribution is -0.128. The molecule has 180 valence electrons. The highest BCUT2D eigenvalue weighted by Crippen LogP contribution is 2.31. The van der Waals surface area contributed by atoms with Crippen LogP contribution < -0.4 is 20.1 Å². The monoisotopic (exact) mass is 474 g/mol. The maximum atomic E-state index is 12.4. The SMILES string of the molecule is C=CC(=O)Oc1cccc(Oc2cnc(N)c(N3CCN(C(=O)OCc4ccccc4)CC3)c2)c1. The van der Waals surface area contributed by atoms with Crippen LogP contribution in [0.4, 0.5) is 16.3 Å². The van der Waals surface area contributed by atoms with Gasteiger partial charge in [0.15, 0.2) is 0 Å². The maximum absolute atomic E-state index is 12.4. The Kier molecular flexibility index (Phi) is 7.47. The van der Waals surface area contributed by atoms with Crippen LogP contribution in [0, 0.1) is 0 Å². The summed E-state index contributed by atoms with van der Waals surface area (Å²) in [7, 11) is 0. The lowest BCUT2D eigenvalue weighted by Gasteiger charge is -2.35. The number of aromatic nitrogens is 1. The second kappa shape index (κ2) is 11.1. The molecule has 1 fully saturated rings. The van der Waals surface area contributed by atoms with Crippen LogP contribution in [0.2, 0.25) is 0 Å². The van der Waals surface area contributed by atoms with Crippen LogP contribution >= 0.6 is 0 Å². The summed E-state index contributed by atoms with van der Waals surface area (Å²) in [5, 5.41) is 0. The van der Waals surface area contributed by atoms with E-state index in [9.17, 15) is 9.59 Å². The Morgan fingerprint density at radius 1 is 0.971 bits per heavy atom. The number of hydrogen-bond acceptors (Lipinski definition) is 8. The first-order valence-corrected chi connectivity index (χ1v) is 11.1. The first-order valence-electron chi connectivity index (χ1n) is 11.1. The van der Waals surface area contributed by atoms with Gasteiger partial charge in [0.25, 0.3) is 0 Å². The van der Waals surface area contributed by atoms with E-state index in [1.165, 1.54) is 6.20 Å². The molecule has 1 aromatic heterocycles. The minimum absolute atomic E-state index is 0.240. The van der Waals surface area contributed by atoms with Crippen LogP contribution in [0.25, 0.3) is 0 Å². The maximum Gasteiger partial charge on any atom is 0.410 e. The summed E-state index contributed by atoms with van der Waals surface area (Å²) >= 11 is 0. The molecule has 35 heavy (non-hydrogen) atoms. The molecule has 0 spiro atoms. The van der Waals surface area contributed by atoms with Gasteiger partial charge in [-0.05, 0) is 17.7 Å². The second-order valence-electron chi connectivity index (χ2n) is 7.79. The summed E-state index contributed by atoms with van der Waals surface area (Å²) < 4.78 is 16.5. The number of nitrogen functional groups attached to an aromatic ring is 1. The quantitative estimate of drug-likeness (QED) is 0.311. The molecule has 3 aromatic rings. The number of ether oxygens (including phenoxy) is 3. The molecule has 9 nitrogen and oxygen atoms in total. The van der Waals surface area contributed by atoms with Gasteiger partial charge < -0.3 is 29.7 Å². The van der Waals surface area contributed by atoms with Crippen LogP contribution in [0.5, 0.6) is 17.2 Å². The topological polar surface area (TPSA) is 107 Å². The van der Waals surface area contributed by atoms with Gasteiger partial charge in [-0.3, -0.25) is 0 Å². The van der Waals surface area contributed by atoms with Crippen molar-refractivity contribution in [2.24, 2.45) is 0 Å². The number of anilines is 2. The Morgan fingerprint density at radius 2 is 1.71 bits per heavy atom. The Morgan fingerprint density at radius 3 is 2.46 bits per heavy atom. The van der Waals surface area contributed by atoms with Crippen LogP contribution in [0.3, 0.4) is 0 Å². The molecular formula is C26H26N4O5. The number of rotatable bonds is 7. The van der Waals surface area contributed by atoms with Crippen molar-refractivity contribution in [3.63, 3.8) is 0 Å². The van der Waals surface area contributed by atoms with Gasteiger partial charge in [-0.15, -0.1) is 0 Å². The highest BCUT2D eigenvalue weighted by atomic mass is 16.6. The number of benzene rings is 2. The van der Waals surface area contributed by atoms with Gasteiger partial charge in [0.1, 0.15) is 29.7 Å². The zero-order chi connectivity index (χ0) is 24.6. The van der Waals surface area contributed by atoms with Crippen molar-refractivity contribution in [3.05, 3.63) is 85.1 Å². The van der Waals surface area contributed by atoms with Gasteiger partial charge in [0.05, 0.1) is 11.9 Å². The Hall–Kier alpha value is -4.53. The van der Waals surface area contributed by atoms with E-state index in [1.54, 1.807) is 35.2 Å². The lowest BCUT2D eigenvalue weighted by Crippen LogP contribution is -2.49. The fourth-order valence-electron chi connectivity index (χ4n) is 3.59. The second-order valence-corrected chi connectivity index (χ2v) is 7.79. The molecule has 9 heteroatoms. The number of amides is 1. The van der Waals surface area contributed by atoms with Crippen LogP contribution in [0.15, 0.2) is 79.5 Å². The third-order valence-electron chi connectivity index (χ3n) is 5.38. The molecule has 2 aromatic carbocycles. The molecular weight excluding hydrogens is 448 g/mol. The molecule has 1 aliphatic rings. The van der Waals surface area contributed by atoms with Crippen molar-refractivity contribution < 1.29 is 23.8 Å². The van der Waals surface area contributed by atoms with Gasteiger partial charge in [-0.2, -0.15) is 0 Å². The molecule has 0 aliphatic carbocycles. The van der Waals surface area contributed by atoms with Crippen LogP contribution in [0.1, 0.15) is 5.56 Å². The van der Waals surface area contributed by atoms with Gasteiger partial charge in [0, 0.05) is 44.4 Å². The van der Waals surface area contributed by atoms with E-state index >= 15 is 0 Å². The van der Waals surface area contributed by atoms with Crippen molar-refractivity contribution in [2.75, 3.05) is 36.8 Å². The molecule has 1 saturated heterocycles. The molecule has 2 heterocycles. The number of pyridine rings is 1. The third-order valence-corrected chi connectivity index (χ3v) is 5.38. The first-order chi connectivity index (χ1) is 17.0. The average molecular weight is 475 g/mol. The summed E-state index contributed by atoms with van der Waals surface area (Å²) in [5.74, 6) is 1.10. The van der Waals surface area contributed by atoms with E-state index in [0.717, 1.165) is 11.6 Å². The highest BCUT2D eigenvalue weighted by Gasteiger charge is 2.24. The summed E-state index contributed by atoms with van der Waals surface area (Å²) in [6.07, 6.45) is 2.28. The molecule has 4 rings (SSSR count). The number of carbonyl (C=O) groups is 2. The summed E-state index contributed by atoms with van der Waals surface area (Å²) in [6, 6.07) is 18.1. The van der Waals surface area contributed by atoms with E-state index in [2.05, 4.69) is 16.5 Å². The van der Waals surface area contributed by atoms with E-state index in [1.807, 2.05) is 30.3 Å². The molecule has 0 atom stereocenters. The van der Waals surface area contributed by atoms with E-state index in [-0.39, 0.29) is 12.7 Å². The number of piperazine rings is 1. The van der Waals surface area contributed by atoms with Crippen molar-refractivity contribution in [2.45, 2.75) is 6.61 Å². The van der Waals surface area contributed by atoms with Gasteiger partial charge >= 0.3 is 12.1 Å². The van der Waals surface area contributed by atoms with Gasteiger partial charge in [-0.1, -0.05) is 43.0 Å². The Labute approximate surface area is 203 Å². The van der Waals surface area contributed by atoms with E-state index < -0.39 is 5.97 Å². The number of esters is 1. The highest BCUT2D eigenvalue weighted by molar-refractivity contribution is 5.83. The van der Waals surface area contributed by atoms with Crippen molar-refractivity contribution in [1.82, 2.24) is 9.88 Å². The largest absolute Gasteiger partial charge is 0.456 e. The van der Waals surface area contributed by atoms with E-state index in [0.29, 0.717) is 54.9 Å². The van der Waals surface area contributed by atoms with Gasteiger partial charge in [-0.25, -0.2) is 14.6 Å². The number of carbonyl (C=O) groups excluding carboxylic acids is 2. The molecule has 2 N–H and O–H groups in total. The van der Waals surface area contributed by atoms with Crippen molar-refractivity contribution in [1.29, 1.82) is 0 Å². The molecule has 1 amide bonds. The summed E-state index contributed by atoms with van der Waals surface area (Å²) in [6.45, 7) is 5.76. The predicted molar refractivity (Wildman–Crippen MR) is 131 cm³/mol. The summed E-state index contributed by atoms with van der Waals surface area (Å²) in [5.41, 5.74) is 7.79. The Balaban J connectivity index is 1.35. The minimum atomic E-state index is -0.554. The first kappa shape index (κ1) is 23.6. The normalized spacial score (nSPS) is 13.1. The van der Waals surface area contributed by atoms with Crippen LogP contribution in [-0.2, 0) is 16.1 Å². The fraction of sp³-hybridized carbons (Fsp3) is 0.192. The Bertz CT molecular complexity index is 1190. The number of nitrogens with zero attached hydrogens (tertiary/aromatic N) is 3. The molecule has 0 saturated carbocycles. The van der Waals surface area contributed by atoms with Crippen LogP contribution in [-0.4, -0.2) is 48.1 Å². The predicted octanol–water partition coefficient (Wildman–Crippen LogP) is 4.01. The number of hydrogen-bond donors (Lipinski definition) is 1. The molecule has 1 aliphatic heterocycles. The zero-order valence-corrected chi connectivity index (χ0v) is 19.1. The summed E-state index contributed by atoms with van der Waals surface area (Å²) in [4.78, 5) is 31.9. The standard InChI is InChI=1S/C26H26N4O5/c1-2-24(31)35-21-10-6-9-20(15-21)34-22-16-23(25(27)28-17-22)29-11-13-30(14-12-29)26(32)33-18-19-7-4-3-5-8-19/h2-10,15-17H,1,11-14,18H2,(H2,27,28). The molecule has 0 unspecified atom stereocenters. The fourth-order valence-corrected chi connectivity index (χ4v) is 3.59. The lowest BCUT2D eigenvalue weighted by atomic mass is 10.2. The minimum Gasteiger partial charge on any atom is -0.456 e. The molecule has 0 bridgehead atoms. The zero-order valence-electron chi connectivity index (χ0n) is 19.1. The van der Waals surface area contributed by atoms with Crippen molar-refractivity contribution >= 4 is 23.6 Å². The average Bonchev–Trinajstić information content (AvgIpc) is 2.89. The van der Waals surface area contributed by atoms with Gasteiger partial charge in [0.2, 0.25) is 0 Å². The molecule has 0 radical (unpaired) electrons. The van der Waals surface area contributed by atoms with E-state index in [4.69, 9.17) is 19.9 Å². The smallest absolute Gasteiger partial charge is 0.410 e. The third kappa shape index (κ3) is 6.29.